The molecule has 0 bridgehead atoms. The lowest BCUT2D eigenvalue weighted by Gasteiger charge is -2.08. The predicted molar refractivity (Wildman–Crippen MR) is 83.1 cm³/mol. The number of amides is 1. The summed E-state index contributed by atoms with van der Waals surface area (Å²) in [5, 5.41) is 2.86. The highest BCUT2D eigenvalue weighted by Gasteiger charge is 2.06. The van der Waals surface area contributed by atoms with E-state index in [0.29, 0.717) is 16.0 Å². The molecular formula is C15H12N4OS. The first-order valence-corrected chi connectivity index (χ1v) is 6.73. The lowest BCUT2D eigenvalue weighted by atomic mass is 10.2. The minimum Gasteiger partial charge on any atom is -0.337 e. The third-order valence-electron chi connectivity index (χ3n) is 2.97. The minimum atomic E-state index is -0.174. The minimum absolute atomic E-state index is 0.174. The molecule has 0 aliphatic heterocycles. The summed E-state index contributed by atoms with van der Waals surface area (Å²) in [6.45, 7) is 0. The first-order valence-electron chi connectivity index (χ1n) is 6.32. The summed E-state index contributed by atoms with van der Waals surface area (Å²) in [5.74, 6) is -0.174. The molecule has 0 saturated carbocycles. The zero-order valence-electron chi connectivity index (χ0n) is 11.0. The van der Waals surface area contributed by atoms with Crippen LogP contribution in [0.1, 0.15) is 10.4 Å². The number of nitrogens with one attached hydrogen (secondary N) is 2. The predicted octanol–water partition coefficient (Wildman–Crippen LogP) is 3.18. The van der Waals surface area contributed by atoms with Crippen molar-refractivity contribution in [1.29, 1.82) is 0 Å². The summed E-state index contributed by atoms with van der Waals surface area (Å²) in [7, 11) is 0. The highest BCUT2D eigenvalue weighted by atomic mass is 32.1. The summed E-state index contributed by atoms with van der Waals surface area (Å²) in [6.07, 6.45) is 6.78. The van der Waals surface area contributed by atoms with Gasteiger partial charge in [0.25, 0.3) is 5.91 Å². The monoisotopic (exact) mass is 296 g/mol. The number of pyridine rings is 1. The molecule has 3 rings (SSSR count). The van der Waals surface area contributed by atoms with Crippen molar-refractivity contribution in [3.8, 4) is 5.69 Å². The number of anilines is 1. The van der Waals surface area contributed by atoms with E-state index in [2.05, 4.69) is 15.3 Å². The maximum absolute atomic E-state index is 12.1. The molecule has 5 nitrogen and oxygen atoms in total. The zero-order valence-corrected chi connectivity index (χ0v) is 11.8. The molecule has 2 N–H and O–H groups in total. The zero-order chi connectivity index (χ0) is 14.7. The Balaban J connectivity index is 1.86. The quantitative estimate of drug-likeness (QED) is 0.730. The number of hydrogen-bond acceptors (Lipinski definition) is 3. The van der Waals surface area contributed by atoms with Gasteiger partial charge in [0.1, 0.15) is 0 Å². The van der Waals surface area contributed by atoms with E-state index in [1.807, 2.05) is 35.0 Å². The lowest BCUT2D eigenvalue weighted by Crippen LogP contribution is -2.12. The van der Waals surface area contributed by atoms with E-state index in [1.165, 1.54) is 0 Å². The molecule has 0 atom stereocenters. The molecular weight excluding hydrogens is 284 g/mol. The van der Waals surface area contributed by atoms with Crippen LogP contribution < -0.4 is 5.32 Å². The number of benzene rings is 1. The van der Waals surface area contributed by atoms with Crippen LogP contribution in [0.15, 0.2) is 61.2 Å². The van der Waals surface area contributed by atoms with Crippen molar-refractivity contribution in [3.05, 3.63) is 71.5 Å². The molecule has 1 amide bonds. The van der Waals surface area contributed by atoms with Crippen LogP contribution >= 0.6 is 12.2 Å². The van der Waals surface area contributed by atoms with Crippen molar-refractivity contribution >= 4 is 23.8 Å². The van der Waals surface area contributed by atoms with E-state index in [1.54, 1.807) is 30.7 Å². The van der Waals surface area contributed by atoms with Crippen molar-refractivity contribution in [2.45, 2.75) is 0 Å². The molecule has 0 spiro atoms. The topological polar surface area (TPSA) is 62.7 Å². The van der Waals surface area contributed by atoms with Crippen LogP contribution in [-0.4, -0.2) is 20.4 Å². The smallest absolute Gasteiger partial charge is 0.255 e. The van der Waals surface area contributed by atoms with Crippen LogP contribution in [0.25, 0.3) is 5.69 Å². The molecule has 0 saturated heterocycles. The Morgan fingerprint density at radius 2 is 2.05 bits per heavy atom. The molecule has 21 heavy (non-hydrogen) atoms. The van der Waals surface area contributed by atoms with E-state index < -0.39 is 0 Å². The Morgan fingerprint density at radius 1 is 1.24 bits per heavy atom. The van der Waals surface area contributed by atoms with Gasteiger partial charge in [-0.2, -0.15) is 0 Å². The van der Waals surface area contributed by atoms with Crippen molar-refractivity contribution in [2.24, 2.45) is 0 Å². The highest BCUT2D eigenvalue weighted by molar-refractivity contribution is 7.71. The largest absolute Gasteiger partial charge is 0.337 e. The van der Waals surface area contributed by atoms with Gasteiger partial charge in [-0.05, 0) is 42.5 Å². The SMILES string of the molecule is O=C(Nc1cccc(-n2cc[nH]c2=S)c1)c1ccncc1. The van der Waals surface area contributed by atoms with Gasteiger partial charge in [-0.15, -0.1) is 0 Å². The van der Waals surface area contributed by atoms with Gasteiger partial charge in [-0.1, -0.05) is 6.07 Å². The number of carbonyl (C=O) groups is 1. The van der Waals surface area contributed by atoms with Crippen LogP contribution in [0.4, 0.5) is 5.69 Å². The van der Waals surface area contributed by atoms with Crippen molar-refractivity contribution in [2.75, 3.05) is 5.32 Å². The Kier molecular flexibility index (Phi) is 3.61. The normalized spacial score (nSPS) is 10.3. The van der Waals surface area contributed by atoms with Gasteiger partial charge in [0.05, 0.1) is 0 Å². The number of aromatic amines is 1. The third kappa shape index (κ3) is 2.90. The summed E-state index contributed by atoms with van der Waals surface area (Å²) < 4.78 is 2.44. The van der Waals surface area contributed by atoms with Crippen LogP contribution in [0.5, 0.6) is 0 Å². The molecule has 1 aromatic carbocycles. The molecule has 2 heterocycles. The first-order chi connectivity index (χ1) is 10.2. The number of rotatable bonds is 3. The van der Waals surface area contributed by atoms with Gasteiger partial charge in [0.2, 0.25) is 0 Å². The Morgan fingerprint density at radius 3 is 2.76 bits per heavy atom. The average molecular weight is 296 g/mol. The fourth-order valence-corrected chi connectivity index (χ4v) is 2.20. The van der Waals surface area contributed by atoms with E-state index in [-0.39, 0.29) is 5.91 Å². The first kappa shape index (κ1) is 13.3. The van der Waals surface area contributed by atoms with E-state index >= 15 is 0 Å². The van der Waals surface area contributed by atoms with E-state index in [4.69, 9.17) is 12.2 Å². The Hall–Kier alpha value is -2.73. The fraction of sp³-hybridized carbons (Fsp3) is 0. The van der Waals surface area contributed by atoms with Crippen molar-refractivity contribution in [1.82, 2.24) is 14.5 Å². The number of imidazole rings is 1. The molecule has 0 fully saturated rings. The Bertz CT molecular complexity index is 823. The van der Waals surface area contributed by atoms with E-state index in [0.717, 1.165) is 5.69 Å². The summed E-state index contributed by atoms with van der Waals surface area (Å²) in [4.78, 5) is 18.9. The number of H-pyrrole nitrogens is 1. The van der Waals surface area contributed by atoms with E-state index in [9.17, 15) is 4.79 Å². The molecule has 0 radical (unpaired) electrons. The number of carbonyl (C=O) groups excluding carboxylic acids is 1. The van der Waals surface area contributed by atoms with Crippen molar-refractivity contribution in [3.63, 3.8) is 0 Å². The van der Waals surface area contributed by atoms with Gasteiger partial charge in [-0.25, -0.2) is 0 Å². The number of aromatic nitrogens is 3. The second kappa shape index (κ2) is 5.72. The molecule has 104 valence electrons. The number of hydrogen-bond donors (Lipinski definition) is 2. The maximum atomic E-state index is 12.1. The van der Waals surface area contributed by atoms with Crippen molar-refractivity contribution < 1.29 is 4.79 Å². The maximum Gasteiger partial charge on any atom is 0.255 e. The lowest BCUT2D eigenvalue weighted by molar-refractivity contribution is 0.102. The third-order valence-corrected chi connectivity index (χ3v) is 3.29. The van der Waals surface area contributed by atoms with Gasteiger partial charge in [-0.3, -0.25) is 14.3 Å². The van der Waals surface area contributed by atoms with Crippen LogP contribution in [-0.2, 0) is 0 Å². The second-order valence-electron chi connectivity index (χ2n) is 4.38. The molecule has 0 aliphatic carbocycles. The van der Waals surface area contributed by atoms with Crippen LogP contribution in [0, 0.1) is 4.77 Å². The molecule has 2 aromatic heterocycles. The Labute approximate surface area is 126 Å². The fourth-order valence-electron chi connectivity index (χ4n) is 1.96. The molecule has 3 aromatic rings. The van der Waals surface area contributed by atoms with Crippen LogP contribution in [0.3, 0.4) is 0 Å². The average Bonchev–Trinajstić information content (AvgIpc) is 2.94. The summed E-state index contributed by atoms with van der Waals surface area (Å²) >= 11 is 5.19. The van der Waals surface area contributed by atoms with Gasteiger partial charge in [0.15, 0.2) is 4.77 Å². The summed E-state index contributed by atoms with van der Waals surface area (Å²) in [6, 6.07) is 10.8. The standard InChI is InChI=1S/C15H12N4OS/c20-14(11-4-6-16-7-5-11)18-12-2-1-3-13(10-12)19-9-8-17-15(19)21/h1-10H,(H,17,21)(H,18,20). The van der Waals surface area contributed by atoms with Gasteiger partial charge >= 0.3 is 0 Å². The molecule has 0 aliphatic rings. The highest BCUT2D eigenvalue weighted by Crippen LogP contribution is 2.16. The number of nitrogens with zero attached hydrogens (tertiary/aromatic N) is 2. The molecule has 0 unspecified atom stereocenters. The molecule has 6 heteroatoms. The van der Waals surface area contributed by atoms with Crippen LogP contribution in [0.2, 0.25) is 0 Å². The summed E-state index contributed by atoms with van der Waals surface area (Å²) in [5.41, 5.74) is 2.15. The second-order valence-corrected chi connectivity index (χ2v) is 4.76. The van der Waals surface area contributed by atoms with Gasteiger partial charge in [0, 0.05) is 41.7 Å². The van der Waals surface area contributed by atoms with Gasteiger partial charge < -0.3 is 10.3 Å².